The van der Waals surface area contributed by atoms with Gasteiger partial charge in [-0.3, -0.25) is 4.99 Å². The van der Waals surface area contributed by atoms with Crippen LogP contribution in [0, 0.1) is 6.92 Å². The SMILES string of the molecule is CCNC(=NCC1(C)CCCO1)NCCCc1nc(C)no1.I. The van der Waals surface area contributed by atoms with E-state index in [4.69, 9.17) is 9.26 Å². The van der Waals surface area contributed by atoms with Crippen molar-refractivity contribution in [1.82, 2.24) is 20.8 Å². The highest BCUT2D eigenvalue weighted by Crippen LogP contribution is 2.24. The van der Waals surface area contributed by atoms with Crippen molar-refractivity contribution < 1.29 is 9.26 Å². The number of aryl methyl sites for hydroxylation is 2. The molecule has 2 N–H and O–H groups in total. The van der Waals surface area contributed by atoms with Gasteiger partial charge in [0.2, 0.25) is 5.89 Å². The van der Waals surface area contributed by atoms with E-state index >= 15 is 0 Å². The first kappa shape index (κ1) is 20.1. The highest BCUT2D eigenvalue weighted by molar-refractivity contribution is 14.0. The molecule has 0 radical (unpaired) electrons. The first-order valence-electron chi connectivity index (χ1n) is 8.07. The van der Waals surface area contributed by atoms with Crippen LogP contribution >= 0.6 is 24.0 Å². The zero-order chi connectivity index (χ0) is 15.8. The van der Waals surface area contributed by atoms with Crippen molar-refractivity contribution in [3.05, 3.63) is 11.7 Å². The maximum Gasteiger partial charge on any atom is 0.226 e. The van der Waals surface area contributed by atoms with Crippen LogP contribution < -0.4 is 10.6 Å². The second kappa shape index (κ2) is 10.1. The molecule has 1 aliphatic rings. The van der Waals surface area contributed by atoms with Gasteiger partial charge in [-0.1, -0.05) is 5.16 Å². The minimum Gasteiger partial charge on any atom is -0.373 e. The number of aromatic nitrogens is 2. The van der Waals surface area contributed by atoms with Gasteiger partial charge >= 0.3 is 0 Å². The Morgan fingerprint density at radius 3 is 2.83 bits per heavy atom. The molecule has 0 saturated carbocycles. The lowest BCUT2D eigenvalue weighted by atomic mass is 10.0. The summed E-state index contributed by atoms with van der Waals surface area (Å²) in [6.45, 7) is 9.20. The summed E-state index contributed by atoms with van der Waals surface area (Å²) in [7, 11) is 0. The summed E-state index contributed by atoms with van der Waals surface area (Å²) in [5, 5.41) is 10.4. The Morgan fingerprint density at radius 2 is 2.22 bits per heavy atom. The zero-order valence-electron chi connectivity index (χ0n) is 14.2. The summed E-state index contributed by atoms with van der Waals surface area (Å²) in [6.07, 6.45) is 3.89. The van der Waals surface area contributed by atoms with Gasteiger partial charge in [0, 0.05) is 26.1 Å². The van der Waals surface area contributed by atoms with E-state index in [1.807, 2.05) is 6.92 Å². The van der Waals surface area contributed by atoms with Gasteiger partial charge in [0.15, 0.2) is 11.8 Å². The van der Waals surface area contributed by atoms with Gasteiger partial charge in [0.05, 0.1) is 12.1 Å². The molecule has 132 valence electrons. The third-order valence-electron chi connectivity index (χ3n) is 3.65. The number of rotatable bonds is 7. The van der Waals surface area contributed by atoms with E-state index in [0.29, 0.717) is 18.3 Å². The molecule has 1 fully saturated rings. The number of nitrogens with zero attached hydrogens (tertiary/aromatic N) is 3. The van der Waals surface area contributed by atoms with E-state index < -0.39 is 0 Å². The second-order valence-electron chi connectivity index (χ2n) is 5.86. The Hall–Kier alpha value is -0.900. The molecule has 8 heteroatoms. The van der Waals surface area contributed by atoms with Crippen LogP contribution in [0.1, 0.15) is 44.8 Å². The van der Waals surface area contributed by atoms with Crippen LogP contribution in [-0.4, -0.2) is 47.9 Å². The number of aliphatic imine (C=N–C) groups is 1. The molecule has 1 unspecified atom stereocenters. The third kappa shape index (κ3) is 7.03. The first-order valence-corrected chi connectivity index (χ1v) is 8.07. The molecule has 1 aromatic rings. The average molecular weight is 437 g/mol. The number of nitrogens with one attached hydrogen (secondary N) is 2. The van der Waals surface area contributed by atoms with Gasteiger partial charge in [0.1, 0.15) is 0 Å². The van der Waals surface area contributed by atoms with E-state index in [0.717, 1.165) is 51.3 Å². The van der Waals surface area contributed by atoms with E-state index in [2.05, 4.69) is 39.6 Å². The Kier molecular flexibility index (Phi) is 8.82. The zero-order valence-corrected chi connectivity index (χ0v) is 16.6. The molecule has 0 amide bonds. The maximum atomic E-state index is 5.76. The fourth-order valence-electron chi connectivity index (χ4n) is 2.44. The molecule has 2 heterocycles. The van der Waals surface area contributed by atoms with E-state index in [1.165, 1.54) is 0 Å². The predicted molar refractivity (Wildman–Crippen MR) is 100 cm³/mol. The summed E-state index contributed by atoms with van der Waals surface area (Å²) < 4.78 is 10.9. The molecule has 7 nitrogen and oxygen atoms in total. The monoisotopic (exact) mass is 437 g/mol. The predicted octanol–water partition coefficient (Wildman–Crippen LogP) is 2.05. The fourth-order valence-corrected chi connectivity index (χ4v) is 2.44. The molecule has 1 aromatic heterocycles. The van der Waals surface area contributed by atoms with Gasteiger partial charge in [-0.05, 0) is 40.0 Å². The van der Waals surface area contributed by atoms with Crippen LogP contribution in [0.25, 0.3) is 0 Å². The van der Waals surface area contributed by atoms with Crippen molar-refractivity contribution in [2.75, 3.05) is 26.2 Å². The van der Waals surface area contributed by atoms with Crippen molar-refractivity contribution in [2.24, 2.45) is 4.99 Å². The fraction of sp³-hybridized carbons (Fsp3) is 0.800. The van der Waals surface area contributed by atoms with Crippen molar-refractivity contribution in [3.8, 4) is 0 Å². The maximum absolute atomic E-state index is 5.76. The summed E-state index contributed by atoms with van der Waals surface area (Å²) in [5.74, 6) is 2.21. The number of hydrogen-bond donors (Lipinski definition) is 2. The summed E-state index contributed by atoms with van der Waals surface area (Å²) in [6, 6.07) is 0. The molecule has 0 bridgehead atoms. The van der Waals surface area contributed by atoms with Crippen molar-refractivity contribution >= 4 is 29.9 Å². The Morgan fingerprint density at radius 1 is 1.39 bits per heavy atom. The minimum atomic E-state index is -0.108. The summed E-state index contributed by atoms with van der Waals surface area (Å²) in [5.41, 5.74) is -0.108. The molecule has 0 spiro atoms. The van der Waals surface area contributed by atoms with Gasteiger partial charge in [-0.25, -0.2) is 0 Å². The lowest BCUT2D eigenvalue weighted by molar-refractivity contribution is 0.0283. The smallest absolute Gasteiger partial charge is 0.226 e. The van der Waals surface area contributed by atoms with Crippen LogP contribution in [0.3, 0.4) is 0 Å². The topological polar surface area (TPSA) is 84.6 Å². The normalized spacial score (nSPS) is 21.1. The quantitative estimate of drug-likeness (QED) is 0.294. The lowest BCUT2D eigenvalue weighted by Gasteiger charge is -2.21. The molecular formula is C15H28IN5O2. The van der Waals surface area contributed by atoms with Crippen LogP contribution in [0.2, 0.25) is 0 Å². The second-order valence-corrected chi connectivity index (χ2v) is 5.86. The average Bonchev–Trinajstić information content (AvgIpc) is 3.10. The molecule has 2 rings (SSSR count). The molecule has 0 aromatic carbocycles. The Labute approximate surface area is 155 Å². The third-order valence-corrected chi connectivity index (χ3v) is 3.65. The standard InChI is InChI=1S/C15H27N5O2.HI/c1-4-16-14(18-11-15(3)8-6-10-21-15)17-9-5-7-13-19-12(2)20-22-13;/h4-11H2,1-3H3,(H2,16,17,18);1H. The van der Waals surface area contributed by atoms with Crippen LogP contribution in [0.4, 0.5) is 0 Å². The highest BCUT2D eigenvalue weighted by Gasteiger charge is 2.29. The van der Waals surface area contributed by atoms with Crippen molar-refractivity contribution in [2.45, 2.75) is 52.1 Å². The molecular weight excluding hydrogens is 409 g/mol. The van der Waals surface area contributed by atoms with Crippen LogP contribution in [0.5, 0.6) is 0 Å². The van der Waals surface area contributed by atoms with Crippen LogP contribution in [0.15, 0.2) is 9.52 Å². The van der Waals surface area contributed by atoms with Gasteiger partial charge in [-0.15, -0.1) is 24.0 Å². The summed E-state index contributed by atoms with van der Waals surface area (Å²) in [4.78, 5) is 8.83. The van der Waals surface area contributed by atoms with Gasteiger partial charge in [0.25, 0.3) is 0 Å². The van der Waals surface area contributed by atoms with E-state index in [-0.39, 0.29) is 29.6 Å². The molecule has 23 heavy (non-hydrogen) atoms. The Bertz CT molecular complexity index is 486. The van der Waals surface area contributed by atoms with E-state index in [9.17, 15) is 0 Å². The first-order chi connectivity index (χ1) is 10.6. The van der Waals surface area contributed by atoms with Gasteiger partial charge < -0.3 is 19.9 Å². The molecule has 1 aliphatic heterocycles. The molecule has 1 atom stereocenters. The lowest BCUT2D eigenvalue weighted by Crippen LogP contribution is -2.39. The Balaban J connectivity index is 0.00000264. The van der Waals surface area contributed by atoms with Crippen LogP contribution in [-0.2, 0) is 11.2 Å². The van der Waals surface area contributed by atoms with Crippen molar-refractivity contribution in [1.29, 1.82) is 0 Å². The summed E-state index contributed by atoms with van der Waals surface area (Å²) >= 11 is 0. The number of ether oxygens (including phenoxy) is 1. The van der Waals surface area contributed by atoms with Crippen molar-refractivity contribution in [3.63, 3.8) is 0 Å². The number of guanidine groups is 1. The number of hydrogen-bond acceptors (Lipinski definition) is 5. The molecule has 1 saturated heterocycles. The molecule has 0 aliphatic carbocycles. The number of halogens is 1. The van der Waals surface area contributed by atoms with Gasteiger partial charge in [-0.2, -0.15) is 4.98 Å². The minimum absolute atomic E-state index is 0. The highest BCUT2D eigenvalue weighted by atomic mass is 127. The van der Waals surface area contributed by atoms with E-state index in [1.54, 1.807) is 0 Å². The largest absolute Gasteiger partial charge is 0.373 e.